The Morgan fingerprint density at radius 1 is 1.06 bits per heavy atom. The zero-order valence-electron chi connectivity index (χ0n) is 19.2. The highest BCUT2D eigenvalue weighted by molar-refractivity contribution is 7.99. The number of benzene rings is 2. The van der Waals surface area contributed by atoms with Gasteiger partial charge in [-0.3, -0.25) is 9.59 Å². The van der Waals surface area contributed by atoms with Crippen LogP contribution >= 0.6 is 11.8 Å². The second-order valence-electron chi connectivity index (χ2n) is 8.55. The molecule has 1 fully saturated rings. The van der Waals surface area contributed by atoms with Crippen LogP contribution in [-0.2, 0) is 9.59 Å². The second kappa shape index (κ2) is 9.38. The van der Waals surface area contributed by atoms with E-state index < -0.39 is 6.04 Å². The third-order valence-corrected chi connectivity index (χ3v) is 7.11. The molecule has 1 aliphatic heterocycles. The molecule has 0 saturated carbocycles. The number of H-pyrrole nitrogens is 1. The van der Waals surface area contributed by atoms with Crippen LogP contribution in [0.25, 0.3) is 16.7 Å². The van der Waals surface area contributed by atoms with Crippen LogP contribution in [0, 0.1) is 13.8 Å². The number of aromatic amines is 1. The zero-order valence-corrected chi connectivity index (χ0v) is 20.1. The summed E-state index contributed by atoms with van der Waals surface area (Å²) < 4.78 is 2.12. The van der Waals surface area contributed by atoms with E-state index in [0.717, 1.165) is 40.2 Å². The molecule has 2 amide bonds. The van der Waals surface area contributed by atoms with E-state index in [1.807, 2.05) is 62.4 Å². The standard InChI is InChI=1S/C26H27N5O2S/c1-17-13-14-18(2)31(17)22-11-6-5-10-21(22)27-25(33)23-12-7-15-30(23)24(32)16-34-26-28-19-8-3-4-9-20(19)29-26/h3-6,8-11,13-14,23H,7,12,15-16H2,1-2H3,(H,27,33)(H,28,29)/t23-/m0/s1. The van der Waals surface area contributed by atoms with Gasteiger partial charge >= 0.3 is 0 Å². The van der Waals surface area contributed by atoms with Gasteiger partial charge in [0.1, 0.15) is 6.04 Å². The molecule has 2 N–H and O–H groups in total. The topological polar surface area (TPSA) is 83.0 Å². The number of carbonyl (C=O) groups is 2. The lowest BCUT2D eigenvalue weighted by atomic mass is 10.2. The van der Waals surface area contributed by atoms with E-state index >= 15 is 0 Å². The Morgan fingerprint density at radius 2 is 1.79 bits per heavy atom. The molecule has 8 heteroatoms. The van der Waals surface area contributed by atoms with Crippen molar-refractivity contribution < 1.29 is 9.59 Å². The maximum atomic E-state index is 13.3. The molecule has 0 aliphatic carbocycles. The summed E-state index contributed by atoms with van der Waals surface area (Å²) in [6, 6.07) is 19.2. The number of nitrogens with zero attached hydrogens (tertiary/aromatic N) is 3. The van der Waals surface area contributed by atoms with Gasteiger partial charge in [-0.05, 0) is 63.1 Å². The Kier molecular flexibility index (Phi) is 6.15. The molecule has 1 aliphatic rings. The lowest BCUT2D eigenvalue weighted by molar-refractivity contribution is -0.134. The number of hydrogen-bond acceptors (Lipinski definition) is 4. The van der Waals surface area contributed by atoms with Crippen molar-refractivity contribution in [3.63, 3.8) is 0 Å². The molecule has 34 heavy (non-hydrogen) atoms. The summed E-state index contributed by atoms with van der Waals surface area (Å²) in [6.07, 6.45) is 1.48. The van der Waals surface area contributed by atoms with Crippen molar-refractivity contribution in [2.75, 3.05) is 17.6 Å². The normalized spacial score (nSPS) is 15.7. The van der Waals surface area contributed by atoms with Crippen LogP contribution in [0.15, 0.2) is 65.8 Å². The highest BCUT2D eigenvalue weighted by Crippen LogP contribution is 2.27. The number of hydrogen-bond donors (Lipinski definition) is 2. The number of imidazole rings is 1. The predicted molar refractivity (Wildman–Crippen MR) is 135 cm³/mol. The molecule has 7 nitrogen and oxygen atoms in total. The molecular formula is C26H27N5O2S. The minimum Gasteiger partial charge on any atom is -0.333 e. The van der Waals surface area contributed by atoms with Gasteiger partial charge in [0.25, 0.3) is 0 Å². The number of fused-ring (bicyclic) bond motifs is 1. The number of para-hydroxylation sites is 4. The highest BCUT2D eigenvalue weighted by atomic mass is 32.2. The fourth-order valence-corrected chi connectivity index (χ4v) is 5.36. The Balaban J connectivity index is 1.28. The monoisotopic (exact) mass is 473 g/mol. The van der Waals surface area contributed by atoms with E-state index in [0.29, 0.717) is 18.1 Å². The van der Waals surface area contributed by atoms with Gasteiger partial charge in [0.15, 0.2) is 5.16 Å². The third kappa shape index (κ3) is 4.33. The van der Waals surface area contributed by atoms with Crippen LogP contribution in [-0.4, -0.2) is 49.6 Å². The largest absolute Gasteiger partial charge is 0.333 e. The summed E-state index contributed by atoms with van der Waals surface area (Å²) in [7, 11) is 0. The van der Waals surface area contributed by atoms with E-state index in [1.165, 1.54) is 11.8 Å². The van der Waals surface area contributed by atoms with Gasteiger partial charge in [-0.25, -0.2) is 4.98 Å². The van der Waals surface area contributed by atoms with Crippen LogP contribution in [0.5, 0.6) is 0 Å². The van der Waals surface area contributed by atoms with Gasteiger partial charge in [-0.1, -0.05) is 36.0 Å². The first-order chi connectivity index (χ1) is 16.5. The molecule has 1 saturated heterocycles. The van der Waals surface area contributed by atoms with Crippen molar-refractivity contribution in [1.82, 2.24) is 19.4 Å². The summed E-state index contributed by atoms with van der Waals surface area (Å²) >= 11 is 1.37. The van der Waals surface area contributed by atoms with Crippen LogP contribution in [0.3, 0.4) is 0 Å². The average Bonchev–Trinajstić information content (AvgIpc) is 3.56. The number of aryl methyl sites for hydroxylation is 2. The van der Waals surface area contributed by atoms with Gasteiger partial charge in [0, 0.05) is 17.9 Å². The van der Waals surface area contributed by atoms with E-state index in [-0.39, 0.29) is 17.6 Å². The molecule has 2 aromatic carbocycles. The Labute approximate surface area is 202 Å². The lowest BCUT2D eigenvalue weighted by Crippen LogP contribution is -2.44. The molecule has 0 spiro atoms. The lowest BCUT2D eigenvalue weighted by Gasteiger charge is -2.24. The second-order valence-corrected chi connectivity index (χ2v) is 9.51. The Bertz CT molecular complexity index is 1310. The SMILES string of the molecule is Cc1ccc(C)n1-c1ccccc1NC(=O)[C@@H]1CCCN1C(=O)CSc1nc2ccccc2[nH]1. The average molecular weight is 474 g/mol. The quantitative estimate of drug-likeness (QED) is 0.398. The van der Waals surface area contributed by atoms with Crippen LogP contribution in [0.1, 0.15) is 24.2 Å². The number of aromatic nitrogens is 3. The van der Waals surface area contributed by atoms with Gasteiger partial charge in [-0.15, -0.1) is 0 Å². The van der Waals surface area contributed by atoms with Crippen LogP contribution < -0.4 is 5.32 Å². The summed E-state index contributed by atoms with van der Waals surface area (Å²) in [6.45, 7) is 4.68. The van der Waals surface area contributed by atoms with Crippen molar-refractivity contribution in [3.8, 4) is 5.69 Å². The number of likely N-dealkylation sites (tertiary alicyclic amines) is 1. The molecule has 2 aromatic heterocycles. The van der Waals surface area contributed by atoms with Crippen molar-refractivity contribution in [1.29, 1.82) is 0 Å². The molecule has 5 rings (SSSR count). The van der Waals surface area contributed by atoms with E-state index in [4.69, 9.17) is 0 Å². The molecule has 174 valence electrons. The molecule has 3 heterocycles. The number of carbonyl (C=O) groups excluding carboxylic acids is 2. The van der Waals surface area contributed by atoms with Gasteiger partial charge < -0.3 is 19.8 Å². The fraction of sp³-hybridized carbons (Fsp3) is 0.269. The fourth-order valence-electron chi connectivity index (χ4n) is 4.59. The molecule has 0 radical (unpaired) electrons. The minimum atomic E-state index is -0.469. The Hall–Kier alpha value is -3.52. The number of rotatable bonds is 6. The third-order valence-electron chi connectivity index (χ3n) is 6.25. The Morgan fingerprint density at radius 3 is 2.59 bits per heavy atom. The van der Waals surface area contributed by atoms with Crippen LogP contribution in [0.2, 0.25) is 0 Å². The highest BCUT2D eigenvalue weighted by Gasteiger charge is 2.34. The molecule has 4 aromatic rings. The summed E-state index contributed by atoms with van der Waals surface area (Å²) in [5, 5.41) is 3.80. The predicted octanol–water partition coefficient (Wildman–Crippen LogP) is 4.69. The summed E-state index contributed by atoms with van der Waals surface area (Å²) in [5.74, 6) is 0.0464. The van der Waals surface area contributed by atoms with E-state index in [9.17, 15) is 9.59 Å². The smallest absolute Gasteiger partial charge is 0.247 e. The van der Waals surface area contributed by atoms with E-state index in [2.05, 4.69) is 32.0 Å². The molecular weight excluding hydrogens is 446 g/mol. The minimum absolute atomic E-state index is 0.0477. The van der Waals surface area contributed by atoms with Gasteiger partial charge in [0.2, 0.25) is 11.8 Å². The first-order valence-corrected chi connectivity index (χ1v) is 12.4. The van der Waals surface area contributed by atoms with Crippen molar-refractivity contribution in [3.05, 3.63) is 72.1 Å². The van der Waals surface area contributed by atoms with E-state index in [1.54, 1.807) is 4.90 Å². The summed E-state index contributed by atoms with van der Waals surface area (Å²) in [5.41, 5.74) is 5.68. The molecule has 0 unspecified atom stereocenters. The van der Waals surface area contributed by atoms with Gasteiger partial charge in [-0.2, -0.15) is 0 Å². The van der Waals surface area contributed by atoms with Gasteiger partial charge in [0.05, 0.1) is 28.2 Å². The van der Waals surface area contributed by atoms with Crippen molar-refractivity contribution in [2.24, 2.45) is 0 Å². The summed E-state index contributed by atoms with van der Waals surface area (Å²) in [4.78, 5) is 35.8. The maximum Gasteiger partial charge on any atom is 0.247 e. The van der Waals surface area contributed by atoms with Crippen LogP contribution in [0.4, 0.5) is 5.69 Å². The molecule has 1 atom stereocenters. The molecule has 0 bridgehead atoms. The van der Waals surface area contributed by atoms with Crippen molar-refractivity contribution in [2.45, 2.75) is 37.9 Å². The zero-order chi connectivity index (χ0) is 23.7. The first kappa shape index (κ1) is 22.3. The maximum absolute atomic E-state index is 13.3. The first-order valence-electron chi connectivity index (χ1n) is 11.4. The number of anilines is 1. The number of amides is 2. The van der Waals surface area contributed by atoms with Crippen molar-refractivity contribution >= 4 is 40.3 Å². The number of nitrogens with one attached hydrogen (secondary N) is 2. The number of thioether (sulfide) groups is 1.